The quantitative estimate of drug-likeness (QED) is 0.0752. The number of hydrazone groups is 1. The van der Waals surface area contributed by atoms with Crippen molar-refractivity contribution in [3.8, 4) is 17.2 Å². The van der Waals surface area contributed by atoms with Crippen LogP contribution in [0, 0.1) is 10.5 Å². The zero-order chi connectivity index (χ0) is 29.8. The number of aryl methyl sites for hydroxylation is 1. The Kier molecular flexibility index (Phi) is 12.2. The number of nitrogens with zero attached hydrogens (tertiary/aromatic N) is 1. The fourth-order valence-electron chi connectivity index (χ4n) is 3.38. The van der Waals surface area contributed by atoms with Crippen LogP contribution in [0.2, 0.25) is 5.02 Å². The van der Waals surface area contributed by atoms with Crippen LogP contribution in [0.15, 0.2) is 59.7 Å². The molecular weight excluding hydrogens is 663 g/mol. The molecule has 0 unspecified atom stereocenters. The second-order valence-corrected chi connectivity index (χ2v) is 10.3. The number of ether oxygens (including phenoxy) is 3. The van der Waals surface area contributed by atoms with E-state index in [0.29, 0.717) is 49.4 Å². The third-order valence-corrected chi connectivity index (χ3v) is 6.57. The van der Waals surface area contributed by atoms with Crippen molar-refractivity contribution in [1.29, 1.82) is 0 Å². The van der Waals surface area contributed by atoms with E-state index in [-0.39, 0.29) is 12.5 Å². The molecule has 3 rings (SSSR count). The van der Waals surface area contributed by atoms with Gasteiger partial charge in [-0.05, 0) is 95.6 Å². The largest absolute Gasteiger partial charge is 0.494 e. The minimum Gasteiger partial charge on any atom is -0.494 e. The molecule has 12 heteroatoms. The Bertz CT molecular complexity index is 1420. The zero-order valence-electron chi connectivity index (χ0n) is 22.8. The third kappa shape index (κ3) is 9.94. The van der Waals surface area contributed by atoms with Crippen molar-refractivity contribution in [2.24, 2.45) is 5.10 Å². The summed E-state index contributed by atoms with van der Waals surface area (Å²) in [4.78, 5) is 36.9. The lowest BCUT2D eigenvalue weighted by Gasteiger charge is -2.14. The number of carbonyl (C=O) groups excluding carboxylic acids is 3. The molecule has 0 spiro atoms. The number of nitrogens with one attached hydrogen (secondary N) is 3. The van der Waals surface area contributed by atoms with Crippen molar-refractivity contribution >= 4 is 69.5 Å². The first-order chi connectivity index (χ1) is 19.7. The number of halogens is 2. The van der Waals surface area contributed by atoms with Crippen LogP contribution in [0.3, 0.4) is 0 Å². The van der Waals surface area contributed by atoms with Gasteiger partial charge in [0.15, 0.2) is 18.1 Å². The number of hydrogen-bond donors (Lipinski definition) is 3. The van der Waals surface area contributed by atoms with Gasteiger partial charge >= 0.3 is 11.8 Å². The highest BCUT2D eigenvalue weighted by Crippen LogP contribution is 2.33. The molecule has 0 bridgehead atoms. The summed E-state index contributed by atoms with van der Waals surface area (Å²) in [5.41, 5.74) is 4.67. The minimum atomic E-state index is -0.938. The maximum absolute atomic E-state index is 12.4. The summed E-state index contributed by atoms with van der Waals surface area (Å²) in [5, 5.41) is 9.65. The Morgan fingerprint density at radius 3 is 2.46 bits per heavy atom. The summed E-state index contributed by atoms with van der Waals surface area (Å²) < 4.78 is 17.4. The minimum absolute atomic E-state index is 0.258. The van der Waals surface area contributed by atoms with Crippen molar-refractivity contribution in [1.82, 2.24) is 5.43 Å². The molecule has 10 nitrogen and oxygen atoms in total. The van der Waals surface area contributed by atoms with Gasteiger partial charge in [0.1, 0.15) is 5.75 Å². The lowest BCUT2D eigenvalue weighted by atomic mass is 10.2. The van der Waals surface area contributed by atoms with E-state index in [9.17, 15) is 14.4 Å². The molecule has 0 aromatic heterocycles. The van der Waals surface area contributed by atoms with E-state index in [1.807, 2.05) is 35.6 Å². The Hall–Kier alpha value is -3.84. The van der Waals surface area contributed by atoms with Gasteiger partial charge in [0.25, 0.3) is 5.91 Å². The van der Waals surface area contributed by atoms with E-state index in [2.05, 4.69) is 28.1 Å². The van der Waals surface area contributed by atoms with E-state index in [1.165, 1.54) is 13.3 Å². The van der Waals surface area contributed by atoms with Gasteiger partial charge in [0, 0.05) is 16.4 Å². The lowest BCUT2D eigenvalue weighted by Crippen LogP contribution is -2.32. The molecule has 0 radical (unpaired) electrons. The third-order valence-electron chi connectivity index (χ3n) is 5.54. The first-order valence-electron chi connectivity index (χ1n) is 12.6. The monoisotopic (exact) mass is 692 g/mol. The fourth-order valence-corrected chi connectivity index (χ4v) is 4.33. The predicted octanol–water partition coefficient (Wildman–Crippen LogP) is 5.55. The van der Waals surface area contributed by atoms with Crippen LogP contribution in [0.25, 0.3) is 0 Å². The molecule has 0 aliphatic carbocycles. The lowest BCUT2D eigenvalue weighted by molar-refractivity contribution is -0.136. The number of anilines is 2. The number of rotatable bonds is 12. The maximum atomic E-state index is 12.4. The first-order valence-corrected chi connectivity index (χ1v) is 14.1. The highest BCUT2D eigenvalue weighted by Gasteiger charge is 2.15. The van der Waals surface area contributed by atoms with Crippen molar-refractivity contribution in [2.45, 2.75) is 26.7 Å². The number of unbranched alkanes of at least 4 members (excludes halogenated alkanes) is 1. The Morgan fingerprint density at radius 1 is 1.00 bits per heavy atom. The van der Waals surface area contributed by atoms with Crippen LogP contribution >= 0.6 is 34.2 Å². The average molecular weight is 693 g/mol. The van der Waals surface area contributed by atoms with Crippen molar-refractivity contribution in [2.75, 3.05) is 31.0 Å². The molecule has 0 saturated heterocycles. The molecule has 3 N–H and O–H groups in total. The molecule has 3 aromatic carbocycles. The zero-order valence-corrected chi connectivity index (χ0v) is 25.7. The second-order valence-electron chi connectivity index (χ2n) is 8.71. The van der Waals surface area contributed by atoms with E-state index >= 15 is 0 Å². The predicted molar refractivity (Wildman–Crippen MR) is 167 cm³/mol. The molecule has 0 aliphatic rings. The van der Waals surface area contributed by atoms with Gasteiger partial charge in [-0.3, -0.25) is 14.4 Å². The highest BCUT2D eigenvalue weighted by atomic mass is 127. The molecule has 0 saturated carbocycles. The fraction of sp³-hybridized carbons (Fsp3) is 0.241. The summed E-state index contributed by atoms with van der Waals surface area (Å²) in [5.74, 6) is -0.764. The van der Waals surface area contributed by atoms with Crippen LogP contribution in [0.5, 0.6) is 17.2 Å². The number of carbonyl (C=O) groups is 3. The summed E-state index contributed by atoms with van der Waals surface area (Å²) >= 11 is 8.05. The standard InChI is InChI=1S/C29H30ClIN4O6/c1-4-5-12-40-22-10-8-21(9-11-22)33-28(37)29(38)35-32-16-19-13-23(31)27(25(14-19)39-3)41-17-26(36)34-24-15-20(30)7-6-18(24)2/h6-11,13-16H,4-5,12,17H2,1-3H3,(H,33,37)(H,34,36)(H,35,38)/b32-16-. The van der Waals surface area contributed by atoms with Crippen LogP contribution in [0.1, 0.15) is 30.9 Å². The second kappa shape index (κ2) is 15.8. The summed E-state index contributed by atoms with van der Waals surface area (Å²) in [7, 11) is 1.46. The Balaban J connectivity index is 1.54. The van der Waals surface area contributed by atoms with E-state index in [1.54, 1.807) is 48.5 Å². The van der Waals surface area contributed by atoms with E-state index < -0.39 is 11.8 Å². The molecule has 3 amide bonds. The number of methoxy groups -OCH3 is 1. The Morgan fingerprint density at radius 2 is 1.76 bits per heavy atom. The summed E-state index contributed by atoms with van der Waals surface area (Å²) in [6, 6.07) is 15.3. The molecule has 0 atom stereocenters. The first kappa shape index (κ1) is 31.7. The molecular formula is C29H30ClIN4O6. The van der Waals surface area contributed by atoms with Gasteiger partial charge in [0.2, 0.25) is 0 Å². The van der Waals surface area contributed by atoms with Crippen LogP contribution in [-0.2, 0) is 14.4 Å². The molecule has 3 aromatic rings. The van der Waals surface area contributed by atoms with Crippen LogP contribution in [-0.4, -0.2) is 44.3 Å². The smallest absolute Gasteiger partial charge is 0.329 e. The van der Waals surface area contributed by atoms with E-state index in [4.69, 9.17) is 25.8 Å². The van der Waals surface area contributed by atoms with Gasteiger partial charge in [-0.25, -0.2) is 5.43 Å². The van der Waals surface area contributed by atoms with Gasteiger partial charge in [0.05, 0.1) is 23.5 Å². The van der Waals surface area contributed by atoms with E-state index in [0.717, 1.165) is 18.4 Å². The maximum Gasteiger partial charge on any atom is 0.329 e. The normalized spacial score (nSPS) is 10.7. The van der Waals surface area contributed by atoms with Gasteiger partial charge in [-0.1, -0.05) is 31.0 Å². The van der Waals surface area contributed by atoms with Gasteiger partial charge < -0.3 is 24.8 Å². The molecule has 0 heterocycles. The molecule has 0 fully saturated rings. The topological polar surface area (TPSA) is 127 Å². The van der Waals surface area contributed by atoms with Crippen LogP contribution < -0.4 is 30.3 Å². The van der Waals surface area contributed by atoms with Gasteiger partial charge in [-0.15, -0.1) is 0 Å². The van der Waals surface area contributed by atoms with Crippen molar-refractivity contribution < 1.29 is 28.6 Å². The number of hydrogen-bond acceptors (Lipinski definition) is 7. The van der Waals surface area contributed by atoms with Crippen molar-refractivity contribution in [3.63, 3.8) is 0 Å². The highest BCUT2D eigenvalue weighted by molar-refractivity contribution is 14.1. The summed E-state index contributed by atoms with van der Waals surface area (Å²) in [6.45, 7) is 4.30. The average Bonchev–Trinajstić information content (AvgIpc) is 2.95. The Labute approximate surface area is 256 Å². The summed E-state index contributed by atoms with van der Waals surface area (Å²) in [6.07, 6.45) is 3.34. The van der Waals surface area contributed by atoms with Gasteiger partial charge in [-0.2, -0.15) is 5.10 Å². The van der Waals surface area contributed by atoms with Crippen LogP contribution in [0.4, 0.5) is 11.4 Å². The SMILES string of the molecule is CCCCOc1ccc(NC(=O)C(=O)N/N=C\c2cc(I)c(OCC(=O)Nc3cc(Cl)ccc3C)c(OC)c2)cc1. The van der Waals surface area contributed by atoms with Crippen molar-refractivity contribution in [3.05, 3.63) is 74.3 Å². The number of benzene rings is 3. The molecule has 0 aliphatic heterocycles. The molecule has 41 heavy (non-hydrogen) atoms. The number of amides is 3. The molecule has 216 valence electrons.